The molecule has 0 saturated heterocycles. The number of halogens is 1. The Morgan fingerprint density at radius 2 is 2.13 bits per heavy atom. The molecule has 0 bridgehead atoms. The van der Waals surface area contributed by atoms with Crippen LogP contribution >= 0.6 is 11.6 Å². The number of amides is 1. The molecule has 0 unspecified atom stereocenters. The summed E-state index contributed by atoms with van der Waals surface area (Å²) in [5.41, 5.74) is 1.32. The Hall–Kier alpha value is -2.08. The van der Waals surface area contributed by atoms with Crippen LogP contribution in [0.5, 0.6) is 0 Å². The monoisotopic (exact) mass is 332 g/mol. The number of benzene rings is 1. The fourth-order valence-electron chi connectivity index (χ4n) is 2.32. The van der Waals surface area contributed by atoms with E-state index in [4.69, 9.17) is 16.1 Å². The van der Waals surface area contributed by atoms with Crippen LogP contribution in [0.4, 0.5) is 5.69 Å². The highest BCUT2D eigenvalue weighted by molar-refractivity contribution is 6.34. The summed E-state index contributed by atoms with van der Waals surface area (Å²) in [6, 6.07) is 5.62. The molecule has 1 amide bonds. The van der Waals surface area contributed by atoms with E-state index in [1.165, 1.54) is 0 Å². The summed E-state index contributed by atoms with van der Waals surface area (Å²) >= 11 is 6.21. The van der Waals surface area contributed by atoms with Gasteiger partial charge in [-0.05, 0) is 43.9 Å². The van der Waals surface area contributed by atoms with Crippen LogP contribution in [-0.4, -0.2) is 22.1 Å². The Labute approximate surface area is 138 Å². The lowest BCUT2D eigenvalue weighted by Gasteiger charge is -2.08. The Kier molecular flexibility index (Phi) is 3.69. The van der Waals surface area contributed by atoms with Gasteiger partial charge in [0, 0.05) is 17.6 Å². The second-order valence-electron chi connectivity index (χ2n) is 6.12. The molecule has 23 heavy (non-hydrogen) atoms. The highest BCUT2D eigenvalue weighted by Gasteiger charge is 2.29. The molecule has 2 aliphatic carbocycles. The number of hydrogen-bond donors (Lipinski definition) is 2. The zero-order chi connectivity index (χ0) is 15.8. The van der Waals surface area contributed by atoms with Crippen LogP contribution < -0.4 is 10.6 Å². The van der Waals surface area contributed by atoms with E-state index in [1.54, 1.807) is 12.1 Å². The highest BCUT2D eigenvalue weighted by atomic mass is 35.5. The van der Waals surface area contributed by atoms with E-state index < -0.39 is 0 Å². The highest BCUT2D eigenvalue weighted by Crippen LogP contribution is 2.38. The number of anilines is 1. The molecule has 2 aliphatic rings. The summed E-state index contributed by atoms with van der Waals surface area (Å²) < 4.78 is 5.21. The minimum absolute atomic E-state index is 0.115. The standard InChI is InChI=1S/C16H17ClN4O2/c17-13-7-11(5-6-12(13)15(22)19-10-3-4-10)18-8-14-20-16(23-21-14)9-1-2-9/h5-7,9-10,18H,1-4,8H2,(H,19,22). The first kappa shape index (κ1) is 14.5. The van der Waals surface area contributed by atoms with Crippen LogP contribution in [0.1, 0.15) is 53.7 Å². The Morgan fingerprint density at radius 3 is 2.83 bits per heavy atom. The zero-order valence-electron chi connectivity index (χ0n) is 12.5. The zero-order valence-corrected chi connectivity index (χ0v) is 13.3. The van der Waals surface area contributed by atoms with Gasteiger partial charge in [-0.1, -0.05) is 16.8 Å². The first-order chi connectivity index (χ1) is 11.2. The van der Waals surface area contributed by atoms with Gasteiger partial charge in [-0.3, -0.25) is 4.79 Å². The SMILES string of the molecule is O=C(NC1CC1)c1ccc(NCc2noc(C3CC3)n2)cc1Cl. The molecule has 0 spiro atoms. The number of nitrogens with one attached hydrogen (secondary N) is 2. The molecule has 4 rings (SSSR count). The van der Waals surface area contributed by atoms with E-state index in [-0.39, 0.29) is 5.91 Å². The van der Waals surface area contributed by atoms with Gasteiger partial charge in [0.1, 0.15) is 0 Å². The molecule has 2 saturated carbocycles. The molecule has 1 heterocycles. The molecular formula is C16H17ClN4O2. The minimum Gasteiger partial charge on any atom is -0.378 e. The van der Waals surface area contributed by atoms with E-state index in [0.29, 0.717) is 34.9 Å². The lowest BCUT2D eigenvalue weighted by atomic mass is 10.2. The average Bonchev–Trinajstić information content (AvgIpc) is 3.46. The van der Waals surface area contributed by atoms with Crippen LogP contribution in [-0.2, 0) is 6.54 Å². The van der Waals surface area contributed by atoms with Gasteiger partial charge in [-0.2, -0.15) is 4.98 Å². The molecule has 7 heteroatoms. The molecule has 2 aromatic rings. The molecule has 2 fully saturated rings. The van der Waals surface area contributed by atoms with E-state index >= 15 is 0 Å². The Bertz CT molecular complexity index is 737. The summed E-state index contributed by atoms with van der Waals surface area (Å²) in [7, 11) is 0. The van der Waals surface area contributed by atoms with Crippen molar-refractivity contribution in [3.8, 4) is 0 Å². The van der Waals surface area contributed by atoms with Crippen LogP contribution in [0, 0.1) is 0 Å². The second-order valence-corrected chi connectivity index (χ2v) is 6.53. The van der Waals surface area contributed by atoms with Gasteiger partial charge in [-0.25, -0.2) is 0 Å². The molecule has 6 nitrogen and oxygen atoms in total. The normalized spacial score (nSPS) is 17.1. The first-order valence-corrected chi connectivity index (χ1v) is 8.23. The quantitative estimate of drug-likeness (QED) is 0.849. The maximum atomic E-state index is 12.0. The number of rotatable bonds is 6. The fraction of sp³-hybridized carbons (Fsp3) is 0.438. The van der Waals surface area contributed by atoms with Gasteiger partial charge in [0.05, 0.1) is 17.1 Å². The third-order valence-electron chi connectivity index (χ3n) is 3.99. The molecule has 0 aliphatic heterocycles. The van der Waals surface area contributed by atoms with Gasteiger partial charge < -0.3 is 15.2 Å². The predicted molar refractivity (Wildman–Crippen MR) is 85.5 cm³/mol. The van der Waals surface area contributed by atoms with E-state index in [1.807, 2.05) is 6.07 Å². The van der Waals surface area contributed by atoms with Crippen LogP contribution in [0.2, 0.25) is 5.02 Å². The topological polar surface area (TPSA) is 80.0 Å². The summed E-state index contributed by atoms with van der Waals surface area (Å²) in [6.45, 7) is 0.458. The summed E-state index contributed by atoms with van der Waals surface area (Å²) in [4.78, 5) is 16.4. The van der Waals surface area contributed by atoms with Crippen LogP contribution in [0.3, 0.4) is 0 Å². The summed E-state index contributed by atoms with van der Waals surface area (Å²) in [5, 5.41) is 10.5. The molecule has 2 N–H and O–H groups in total. The molecule has 0 radical (unpaired) electrons. The fourth-order valence-corrected chi connectivity index (χ4v) is 2.58. The largest absolute Gasteiger partial charge is 0.378 e. The minimum atomic E-state index is -0.115. The molecule has 1 aromatic heterocycles. The number of hydrogen-bond acceptors (Lipinski definition) is 5. The van der Waals surface area contributed by atoms with E-state index in [9.17, 15) is 4.79 Å². The van der Waals surface area contributed by atoms with Crippen molar-refractivity contribution in [3.63, 3.8) is 0 Å². The van der Waals surface area contributed by atoms with Crippen molar-refractivity contribution in [1.29, 1.82) is 0 Å². The predicted octanol–water partition coefficient (Wildman–Crippen LogP) is 3.10. The lowest BCUT2D eigenvalue weighted by Crippen LogP contribution is -2.25. The molecule has 0 atom stereocenters. The van der Waals surface area contributed by atoms with Crippen molar-refractivity contribution in [2.45, 2.75) is 44.2 Å². The first-order valence-electron chi connectivity index (χ1n) is 7.86. The van der Waals surface area contributed by atoms with Gasteiger partial charge in [-0.15, -0.1) is 0 Å². The third kappa shape index (κ3) is 3.47. The lowest BCUT2D eigenvalue weighted by molar-refractivity contribution is 0.0951. The van der Waals surface area contributed by atoms with Crippen molar-refractivity contribution >= 4 is 23.2 Å². The van der Waals surface area contributed by atoms with Gasteiger partial charge in [0.25, 0.3) is 5.91 Å². The number of aromatic nitrogens is 2. The van der Waals surface area contributed by atoms with Crippen molar-refractivity contribution in [1.82, 2.24) is 15.5 Å². The summed E-state index contributed by atoms with van der Waals surface area (Å²) in [5.74, 6) is 1.69. The summed E-state index contributed by atoms with van der Waals surface area (Å²) in [6.07, 6.45) is 4.37. The van der Waals surface area contributed by atoms with Gasteiger partial charge >= 0.3 is 0 Å². The average molecular weight is 333 g/mol. The maximum Gasteiger partial charge on any atom is 0.253 e. The Balaban J connectivity index is 1.38. The van der Waals surface area contributed by atoms with Crippen molar-refractivity contribution < 1.29 is 9.32 Å². The number of nitrogens with zero attached hydrogens (tertiary/aromatic N) is 2. The van der Waals surface area contributed by atoms with Crippen molar-refractivity contribution in [2.75, 3.05) is 5.32 Å². The van der Waals surface area contributed by atoms with Gasteiger partial charge in [0.2, 0.25) is 5.89 Å². The Morgan fingerprint density at radius 1 is 1.30 bits per heavy atom. The number of carbonyl (C=O) groups is 1. The molecule has 1 aromatic carbocycles. The van der Waals surface area contributed by atoms with E-state index in [2.05, 4.69) is 20.8 Å². The molecular weight excluding hydrogens is 316 g/mol. The maximum absolute atomic E-state index is 12.0. The van der Waals surface area contributed by atoms with E-state index in [0.717, 1.165) is 37.3 Å². The van der Waals surface area contributed by atoms with Gasteiger partial charge in [0.15, 0.2) is 5.82 Å². The molecule has 120 valence electrons. The third-order valence-corrected chi connectivity index (χ3v) is 4.30. The number of carbonyl (C=O) groups excluding carboxylic acids is 1. The van der Waals surface area contributed by atoms with Crippen molar-refractivity contribution in [2.24, 2.45) is 0 Å². The van der Waals surface area contributed by atoms with Crippen LogP contribution in [0.25, 0.3) is 0 Å². The van der Waals surface area contributed by atoms with Crippen LogP contribution in [0.15, 0.2) is 22.7 Å². The smallest absolute Gasteiger partial charge is 0.253 e. The van der Waals surface area contributed by atoms with Crippen molar-refractivity contribution in [3.05, 3.63) is 40.5 Å². The second kappa shape index (κ2) is 5.85.